The fourth-order valence-corrected chi connectivity index (χ4v) is 3.31. The third-order valence-electron chi connectivity index (χ3n) is 4.01. The second kappa shape index (κ2) is 1.63. The molecule has 0 aliphatic heterocycles. The Hall–Kier alpha value is -0.520. The SMILES string of the molecule is CC12CC=CC1C1CC=C2C1. The maximum atomic E-state index is 2.49. The van der Waals surface area contributed by atoms with Gasteiger partial charge in [0, 0.05) is 0 Å². The Labute approximate surface area is 68.0 Å². The van der Waals surface area contributed by atoms with Gasteiger partial charge in [0.15, 0.2) is 0 Å². The molecule has 11 heavy (non-hydrogen) atoms. The Morgan fingerprint density at radius 1 is 1.55 bits per heavy atom. The van der Waals surface area contributed by atoms with Crippen LogP contribution in [0.5, 0.6) is 0 Å². The third kappa shape index (κ3) is 0.535. The van der Waals surface area contributed by atoms with Crippen LogP contribution in [0, 0.1) is 17.3 Å². The van der Waals surface area contributed by atoms with Gasteiger partial charge in [0.2, 0.25) is 0 Å². The zero-order chi connectivity index (χ0) is 7.47. The summed E-state index contributed by atoms with van der Waals surface area (Å²) in [6.45, 7) is 2.45. The minimum atomic E-state index is 0.572. The van der Waals surface area contributed by atoms with Gasteiger partial charge < -0.3 is 0 Å². The molecule has 0 aromatic carbocycles. The van der Waals surface area contributed by atoms with Gasteiger partial charge >= 0.3 is 0 Å². The predicted molar refractivity (Wildman–Crippen MR) is 46.2 cm³/mol. The third-order valence-corrected chi connectivity index (χ3v) is 4.01. The average molecular weight is 146 g/mol. The van der Waals surface area contributed by atoms with Crippen molar-refractivity contribution in [1.82, 2.24) is 0 Å². The molecule has 2 bridgehead atoms. The standard InChI is InChI=1S/C11H14/c1-11-6-2-3-10(11)8-4-5-9(11)7-8/h2-3,5,8,10H,4,6-7H2,1H3. The van der Waals surface area contributed by atoms with E-state index in [0.717, 1.165) is 11.8 Å². The van der Waals surface area contributed by atoms with Crippen molar-refractivity contribution in [2.45, 2.75) is 26.2 Å². The Bertz CT molecular complexity index is 259. The molecule has 0 N–H and O–H groups in total. The van der Waals surface area contributed by atoms with E-state index in [1.165, 1.54) is 19.3 Å². The number of fused-ring (bicyclic) bond motifs is 5. The van der Waals surface area contributed by atoms with E-state index in [-0.39, 0.29) is 0 Å². The second-order valence-corrected chi connectivity index (χ2v) is 4.50. The quantitative estimate of drug-likeness (QED) is 0.461. The zero-order valence-corrected chi connectivity index (χ0v) is 7.01. The van der Waals surface area contributed by atoms with Gasteiger partial charge in [-0.25, -0.2) is 0 Å². The summed E-state index contributed by atoms with van der Waals surface area (Å²) in [5.74, 6) is 1.89. The highest BCUT2D eigenvalue weighted by Crippen LogP contribution is 2.60. The highest BCUT2D eigenvalue weighted by molar-refractivity contribution is 5.34. The first-order valence-electron chi connectivity index (χ1n) is 4.67. The minimum absolute atomic E-state index is 0.572. The highest BCUT2D eigenvalue weighted by Gasteiger charge is 2.50. The largest absolute Gasteiger partial charge is 0.0873 e. The molecule has 3 aliphatic carbocycles. The number of rotatable bonds is 0. The molecular weight excluding hydrogens is 132 g/mol. The molecule has 3 atom stereocenters. The summed E-state index contributed by atoms with van der Waals surface area (Å²) in [5.41, 5.74) is 2.33. The maximum Gasteiger partial charge on any atom is -0.00163 e. The normalized spacial score (nSPS) is 51.5. The van der Waals surface area contributed by atoms with Crippen molar-refractivity contribution in [3.05, 3.63) is 23.8 Å². The van der Waals surface area contributed by atoms with Gasteiger partial charge in [-0.3, -0.25) is 0 Å². The summed E-state index contributed by atoms with van der Waals surface area (Å²) >= 11 is 0. The van der Waals surface area contributed by atoms with Crippen LogP contribution in [0.15, 0.2) is 23.8 Å². The van der Waals surface area contributed by atoms with E-state index >= 15 is 0 Å². The Morgan fingerprint density at radius 2 is 2.45 bits per heavy atom. The van der Waals surface area contributed by atoms with E-state index in [9.17, 15) is 0 Å². The van der Waals surface area contributed by atoms with Gasteiger partial charge in [0.25, 0.3) is 0 Å². The molecule has 0 saturated heterocycles. The molecular formula is C11H14. The molecule has 0 aromatic rings. The smallest absolute Gasteiger partial charge is 0.00163 e. The molecule has 0 spiro atoms. The molecule has 3 rings (SSSR count). The van der Waals surface area contributed by atoms with Gasteiger partial charge in [-0.15, -0.1) is 0 Å². The van der Waals surface area contributed by atoms with Gasteiger partial charge in [-0.1, -0.05) is 30.7 Å². The van der Waals surface area contributed by atoms with Crippen molar-refractivity contribution in [3.63, 3.8) is 0 Å². The highest BCUT2D eigenvalue weighted by atomic mass is 14.5. The van der Waals surface area contributed by atoms with E-state index in [1.54, 1.807) is 5.57 Å². The fourth-order valence-electron chi connectivity index (χ4n) is 3.31. The molecule has 58 valence electrons. The summed E-state index contributed by atoms with van der Waals surface area (Å²) < 4.78 is 0. The predicted octanol–water partition coefficient (Wildman–Crippen LogP) is 2.92. The lowest BCUT2D eigenvalue weighted by Crippen LogP contribution is -2.22. The molecule has 0 amide bonds. The summed E-state index contributed by atoms with van der Waals surface area (Å²) in [6, 6.07) is 0. The number of allylic oxidation sites excluding steroid dienone is 4. The summed E-state index contributed by atoms with van der Waals surface area (Å²) in [6.07, 6.45) is 11.4. The van der Waals surface area contributed by atoms with E-state index < -0.39 is 0 Å². The van der Waals surface area contributed by atoms with E-state index in [4.69, 9.17) is 0 Å². The summed E-state index contributed by atoms with van der Waals surface area (Å²) in [7, 11) is 0. The lowest BCUT2D eigenvalue weighted by atomic mass is 9.73. The van der Waals surface area contributed by atoms with Crippen LogP contribution >= 0.6 is 0 Å². The fraction of sp³-hybridized carbons (Fsp3) is 0.636. The van der Waals surface area contributed by atoms with E-state index in [2.05, 4.69) is 25.2 Å². The van der Waals surface area contributed by atoms with Crippen LogP contribution in [0.2, 0.25) is 0 Å². The van der Waals surface area contributed by atoms with E-state index in [1.807, 2.05) is 0 Å². The van der Waals surface area contributed by atoms with Gasteiger partial charge in [-0.2, -0.15) is 0 Å². The number of hydrogen-bond donors (Lipinski definition) is 0. The van der Waals surface area contributed by atoms with Crippen LogP contribution < -0.4 is 0 Å². The van der Waals surface area contributed by atoms with Crippen LogP contribution in [0.3, 0.4) is 0 Å². The van der Waals surface area contributed by atoms with Crippen LogP contribution in [0.1, 0.15) is 26.2 Å². The van der Waals surface area contributed by atoms with Crippen LogP contribution in [-0.2, 0) is 0 Å². The molecule has 0 aromatic heterocycles. The van der Waals surface area contributed by atoms with Crippen molar-refractivity contribution < 1.29 is 0 Å². The number of hydrogen-bond acceptors (Lipinski definition) is 0. The Kier molecular flexibility index (Phi) is 0.894. The van der Waals surface area contributed by atoms with Crippen molar-refractivity contribution >= 4 is 0 Å². The van der Waals surface area contributed by atoms with Gasteiger partial charge in [0.1, 0.15) is 0 Å². The van der Waals surface area contributed by atoms with Gasteiger partial charge in [0.05, 0.1) is 0 Å². The zero-order valence-electron chi connectivity index (χ0n) is 7.01. The lowest BCUT2D eigenvalue weighted by molar-refractivity contribution is 0.286. The van der Waals surface area contributed by atoms with Crippen molar-refractivity contribution in [2.75, 3.05) is 0 Å². The molecule has 0 radical (unpaired) electrons. The molecule has 1 fully saturated rings. The maximum absolute atomic E-state index is 2.49. The molecule has 0 heterocycles. The first-order valence-corrected chi connectivity index (χ1v) is 4.67. The monoisotopic (exact) mass is 146 g/mol. The average Bonchev–Trinajstić information content (AvgIpc) is 2.54. The Morgan fingerprint density at radius 3 is 3.27 bits per heavy atom. The van der Waals surface area contributed by atoms with E-state index in [0.29, 0.717) is 5.41 Å². The molecule has 3 aliphatic rings. The van der Waals surface area contributed by atoms with Crippen molar-refractivity contribution in [2.24, 2.45) is 17.3 Å². The van der Waals surface area contributed by atoms with Crippen molar-refractivity contribution in [1.29, 1.82) is 0 Å². The topological polar surface area (TPSA) is 0 Å². The summed E-state index contributed by atoms with van der Waals surface area (Å²) in [5, 5.41) is 0. The Balaban J connectivity index is 2.14. The van der Waals surface area contributed by atoms with Gasteiger partial charge in [-0.05, 0) is 36.5 Å². The first kappa shape index (κ1) is 6.05. The molecule has 3 unspecified atom stereocenters. The molecule has 0 heteroatoms. The minimum Gasteiger partial charge on any atom is -0.0873 e. The lowest BCUT2D eigenvalue weighted by Gasteiger charge is -2.30. The first-order chi connectivity index (χ1) is 5.31. The molecule has 0 nitrogen and oxygen atoms in total. The summed E-state index contributed by atoms with van der Waals surface area (Å²) in [4.78, 5) is 0. The second-order valence-electron chi connectivity index (χ2n) is 4.50. The van der Waals surface area contributed by atoms with Crippen molar-refractivity contribution in [3.8, 4) is 0 Å². The van der Waals surface area contributed by atoms with Crippen LogP contribution in [-0.4, -0.2) is 0 Å². The van der Waals surface area contributed by atoms with Crippen LogP contribution in [0.25, 0.3) is 0 Å². The molecule has 1 saturated carbocycles. The van der Waals surface area contributed by atoms with Crippen LogP contribution in [0.4, 0.5) is 0 Å².